The Hall–Kier alpha value is -2.97. The Balaban J connectivity index is 1.24. The van der Waals surface area contributed by atoms with Crippen LogP contribution in [0.3, 0.4) is 0 Å². The average Bonchev–Trinajstić information content (AvgIpc) is 3.70. The molecule has 6 atom stereocenters. The molecule has 0 aliphatic carbocycles. The van der Waals surface area contributed by atoms with E-state index in [-0.39, 0.29) is 59.4 Å². The average molecular weight is 582 g/mol. The van der Waals surface area contributed by atoms with Crippen LogP contribution in [-0.4, -0.2) is 99.3 Å². The van der Waals surface area contributed by atoms with Gasteiger partial charge in [0, 0.05) is 55.8 Å². The number of amides is 3. The van der Waals surface area contributed by atoms with E-state index < -0.39 is 0 Å². The largest absolute Gasteiger partial charge is 0.490 e. The normalized spacial score (nSPS) is 30.9. The molecule has 5 heterocycles. The molecule has 0 aromatic carbocycles. The molecular formula is C33H51N5O4. The van der Waals surface area contributed by atoms with Gasteiger partial charge in [-0.25, -0.2) is 0 Å². The quantitative estimate of drug-likeness (QED) is 0.448. The Bertz CT molecular complexity index is 1180. The van der Waals surface area contributed by atoms with E-state index in [1.807, 2.05) is 31.7 Å². The Morgan fingerprint density at radius 3 is 2.10 bits per heavy atom. The number of nitrogens with one attached hydrogen (secondary N) is 1. The highest BCUT2D eigenvalue weighted by molar-refractivity contribution is 5.93. The second kappa shape index (κ2) is 11.6. The van der Waals surface area contributed by atoms with Crippen molar-refractivity contribution in [2.24, 2.45) is 11.8 Å². The Morgan fingerprint density at radius 2 is 1.50 bits per heavy atom. The first kappa shape index (κ1) is 30.5. The predicted molar refractivity (Wildman–Crippen MR) is 163 cm³/mol. The molecule has 2 saturated heterocycles. The summed E-state index contributed by atoms with van der Waals surface area (Å²) < 4.78 is 6.29. The summed E-state index contributed by atoms with van der Waals surface area (Å²) in [4.78, 5) is 47.7. The monoisotopic (exact) mass is 581 g/mol. The van der Waals surface area contributed by atoms with E-state index in [0.717, 1.165) is 69.0 Å². The molecule has 2 fully saturated rings. The third-order valence-electron chi connectivity index (χ3n) is 9.59. The van der Waals surface area contributed by atoms with E-state index >= 15 is 0 Å². The summed E-state index contributed by atoms with van der Waals surface area (Å²) in [5.41, 5.74) is 1.76. The van der Waals surface area contributed by atoms with Crippen LogP contribution < -0.4 is 5.32 Å². The van der Waals surface area contributed by atoms with Crippen LogP contribution in [0.15, 0.2) is 35.4 Å². The van der Waals surface area contributed by atoms with Gasteiger partial charge >= 0.3 is 0 Å². The summed E-state index contributed by atoms with van der Waals surface area (Å²) >= 11 is 0. The first-order valence-electron chi connectivity index (χ1n) is 16.1. The molecular weight excluding hydrogens is 530 g/mol. The van der Waals surface area contributed by atoms with E-state index in [1.54, 1.807) is 12.2 Å². The van der Waals surface area contributed by atoms with Crippen molar-refractivity contribution in [3.8, 4) is 0 Å². The zero-order valence-corrected chi connectivity index (χ0v) is 26.9. The van der Waals surface area contributed by atoms with Crippen molar-refractivity contribution >= 4 is 17.7 Å². The van der Waals surface area contributed by atoms with Crippen molar-refractivity contribution < 1.29 is 19.1 Å². The van der Waals surface area contributed by atoms with Gasteiger partial charge in [0.15, 0.2) is 0 Å². The molecule has 42 heavy (non-hydrogen) atoms. The van der Waals surface area contributed by atoms with Crippen LogP contribution in [0, 0.1) is 11.8 Å². The van der Waals surface area contributed by atoms with Crippen LogP contribution in [0.1, 0.15) is 81.1 Å². The van der Waals surface area contributed by atoms with Crippen LogP contribution in [0.5, 0.6) is 0 Å². The predicted octanol–water partition coefficient (Wildman–Crippen LogP) is 3.63. The number of nitrogens with zero attached hydrogens (tertiary/aromatic N) is 4. The molecule has 0 aromatic rings. The molecule has 0 saturated carbocycles. The summed E-state index contributed by atoms with van der Waals surface area (Å²) in [6, 6.07) is 0.143. The van der Waals surface area contributed by atoms with Gasteiger partial charge in [-0.2, -0.15) is 0 Å². The molecule has 0 aromatic heterocycles. The van der Waals surface area contributed by atoms with Gasteiger partial charge in [0.25, 0.3) is 5.91 Å². The van der Waals surface area contributed by atoms with E-state index in [0.29, 0.717) is 5.92 Å². The highest BCUT2D eigenvalue weighted by atomic mass is 16.5. The maximum atomic E-state index is 13.4. The Labute approximate surface area is 252 Å². The molecule has 1 unspecified atom stereocenters. The molecule has 5 aliphatic heterocycles. The summed E-state index contributed by atoms with van der Waals surface area (Å²) in [7, 11) is 0. The van der Waals surface area contributed by atoms with E-state index in [1.165, 1.54) is 0 Å². The van der Waals surface area contributed by atoms with Gasteiger partial charge in [-0.05, 0) is 58.8 Å². The van der Waals surface area contributed by atoms with E-state index in [2.05, 4.69) is 54.6 Å². The molecule has 0 spiro atoms. The van der Waals surface area contributed by atoms with Crippen molar-refractivity contribution in [2.45, 2.75) is 117 Å². The fraction of sp³-hybridized carbons (Fsp3) is 0.727. The molecule has 9 heteroatoms. The molecule has 3 amide bonds. The third-order valence-corrected chi connectivity index (χ3v) is 9.59. The van der Waals surface area contributed by atoms with Gasteiger partial charge in [0.05, 0.1) is 30.2 Å². The minimum absolute atomic E-state index is 0.0170. The lowest BCUT2D eigenvalue weighted by molar-refractivity contribution is -0.129. The van der Waals surface area contributed by atoms with Crippen LogP contribution >= 0.6 is 0 Å². The van der Waals surface area contributed by atoms with Crippen LogP contribution in [0.25, 0.3) is 0 Å². The van der Waals surface area contributed by atoms with Gasteiger partial charge in [-0.1, -0.05) is 34.1 Å². The summed E-state index contributed by atoms with van der Waals surface area (Å²) in [5, 5.41) is 3.11. The summed E-state index contributed by atoms with van der Waals surface area (Å²) in [5.74, 6) is 1.64. The van der Waals surface area contributed by atoms with E-state index in [9.17, 15) is 14.4 Å². The number of carbonyl (C=O) groups is 3. The van der Waals surface area contributed by atoms with Crippen LogP contribution in [0.4, 0.5) is 0 Å². The second-order valence-electron chi connectivity index (χ2n) is 14.4. The second-order valence-corrected chi connectivity index (χ2v) is 14.4. The number of carbonyl (C=O) groups excluding carboxylic acids is 3. The summed E-state index contributed by atoms with van der Waals surface area (Å²) in [6.45, 7) is 20.1. The molecule has 0 radical (unpaired) electrons. The van der Waals surface area contributed by atoms with Crippen molar-refractivity contribution in [3.63, 3.8) is 0 Å². The Morgan fingerprint density at radius 1 is 0.905 bits per heavy atom. The first-order chi connectivity index (χ1) is 19.8. The molecule has 9 nitrogen and oxygen atoms in total. The molecule has 232 valence electrons. The van der Waals surface area contributed by atoms with Gasteiger partial charge < -0.3 is 29.7 Å². The van der Waals surface area contributed by atoms with Crippen molar-refractivity contribution in [1.82, 2.24) is 24.9 Å². The smallest absolute Gasteiger partial charge is 0.250 e. The lowest BCUT2D eigenvalue weighted by Gasteiger charge is -2.37. The lowest BCUT2D eigenvalue weighted by atomic mass is 9.96. The van der Waals surface area contributed by atoms with Gasteiger partial charge in [0.1, 0.15) is 11.4 Å². The Kier molecular flexibility index (Phi) is 8.42. The fourth-order valence-corrected chi connectivity index (χ4v) is 7.58. The number of hydrogen-bond acceptors (Lipinski definition) is 6. The maximum absolute atomic E-state index is 13.4. The van der Waals surface area contributed by atoms with Crippen LogP contribution in [-0.2, 0) is 19.1 Å². The summed E-state index contributed by atoms with van der Waals surface area (Å²) in [6.07, 6.45) is 8.90. The zero-order chi connectivity index (χ0) is 30.5. The molecule has 5 aliphatic rings. The SMILES string of the molecule is CC[C@H](C)C1C(OC(C)(C)C)=CC(=O)N1[C@H]1CCN(C2=CC(=O)N([C@H]3CCN(C4=CC(=O)N[C@H]4CC(C)C)C3)[C@H]2C)C1. The van der Waals surface area contributed by atoms with E-state index in [4.69, 9.17) is 4.74 Å². The standard InChI is InChI=1S/C33H51N5O4/c1-9-21(4)32-28(42-33(6,7)8)17-31(41)38(32)24-11-12-35(19-24)26-16-30(40)37(22(26)5)23-10-13-36(18-23)27-15-29(39)34-25(27)14-20(2)3/h15-17,20-25,32H,9-14,18-19H2,1-8H3,(H,34,39)/t21-,22-,23-,24-,25-,32?/m0/s1. The van der Waals surface area contributed by atoms with Crippen molar-refractivity contribution in [3.05, 3.63) is 35.4 Å². The van der Waals surface area contributed by atoms with Gasteiger partial charge in [-0.15, -0.1) is 0 Å². The first-order valence-corrected chi connectivity index (χ1v) is 16.1. The fourth-order valence-electron chi connectivity index (χ4n) is 7.58. The minimum atomic E-state index is -0.366. The number of hydrogen-bond donors (Lipinski definition) is 1. The van der Waals surface area contributed by atoms with Gasteiger partial charge in [0.2, 0.25) is 11.8 Å². The lowest BCUT2D eigenvalue weighted by Crippen LogP contribution is -2.48. The van der Waals surface area contributed by atoms with Crippen molar-refractivity contribution in [2.75, 3.05) is 26.2 Å². The van der Waals surface area contributed by atoms with Crippen molar-refractivity contribution in [1.29, 1.82) is 0 Å². The zero-order valence-electron chi connectivity index (χ0n) is 26.9. The highest BCUT2D eigenvalue weighted by Gasteiger charge is 2.47. The van der Waals surface area contributed by atoms with Gasteiger partial charge in [-0.3, -0.25) is 14.4 Å². The number of ether oxygens (including phenoxy) is 1. The minimum Gasteiger partial charge on any atom is -0.490 e. The molecule has 0 bridgehead atoms. The molecule has 1 N–H and O–H groups in total. The number of likely N-dealkylation sites (tertiary alicyclic amines) is 2. The third kappa shape index (κ3) is 5.93. The molecule has 5 rings (SSSR count). The topological polar surface area (TPSA) is 85.4 Å². The highest BCUT2D eigenvalue weighted by Crippen LogP contribution is 2.38. The maximum Gasteiger partial charge on any atom is 0.250 e. The number of rotatable bonds is 9. The van der Waals surface area contributed by atoms with Crippen LogP contribution in [0.2, 0.25) is 0 Å².